The number of hydrogen-bond acceptors (Lipinski definition) is 4. The van der Waals surface area contributed by atoms with Crippen LogP contribution in [-0.2, 0) is 17.9 Å². The highest BCUT2D eigenvalue weighted by Crippen LogP contribution is 2.29. The first-order chi connectivity index (χ1) is 18.5. The van der Waals surface area contributed by atoms with Gasteiger partial charge < -0.3 is 19.5 Å². The van der Waals surface area contributed by atoms with Crippen LogP contribution in [0.4, 0.5) is 5.95 Å². The average molecular weight is 511 g/mol. The Bertz CT molecular complexity index is 1380. The third-order valence-electron chi connectivity index (χ3n) is 7.48. The van der Waals surface area contributed by atoms with Crippen LogP contribution in [0.3, 0.4) is 0 Å². The number of piperidine rings is 1. The highest BCUT2D eigenvalue weighted by Gasteiger charge is 2.27. The second kappa shape index (κ2) is 11.7. The molecular weight excluding hydrogens is 472 g/mol. The van der Waals surface area contributed by atoms with Crippen molar-refractivity contribution in [3.8, 4) is 5.75 Å². The summed E-state index contributed by atoms with van der Waals surface area (Å²) in [5, 5.41) is 3.14. The van der Waals surface area contributed by atoms with Gasteiger partial charge in [0.25, 0.3) is 0 Å². The average Bonchev–Trinajstić information content (AvgIpc) is 3.31. The van der Waals surface area contributed by atoms with Crippen molar-refractivity contribution >= 4 is 22.9 Å². The molecule has 5 rings (SSSR count). The van der Waals surface area contributed by atoms with Crippen LogP contribution in [0.2, 0.25) is 0 Å². The maximum Gasteiger partial charge on any atom is 0.223 e. The first-order valence-electron chi connectivity index (χ1n) is 13.8. The van der Waals surface area contributed by atoms with Gasteiger partial charge in [0.05, 0.1) is 24.2 Å². The number of aryl methyl sites for hydroxylation is 2. The lowest BCUT2D eigenvalue weighted by Gasteiger charge is -2.32. The molecule has 1 saturated heterocycles. The van der Waals surface area contributed by atoms with E-state index in [1.54, 1.807) is 0 Å². The number of benzene rings is 3. The van der Waals surface area contributed by atoms with Crippen molar-refractivity contribution in [1.82, 2.24) is 14.9 Å². The first kappa shape index (κ1) is 25.8. The number of hydrogen-bond donors (Lipinski definition) is 1. The van der Waals surface area contributed by atoms with Gasteiger partial charge in [-0.2, -0.15) is 0 Å². The molecule has 1 fully saturated rings. The van der Waals surface area contributed by atoms with Gasteiger partial charge in [-0.25, -0.2) is 4.98 Å². The molecule has 0 saturated carbocycles. The number of carbonyl (C=O) groups excluding carboxylic acids is 1. The van der Waals surface area contributed by atoms with E-state index in [9.17, 15) is 4.79 Å². The second-order valence-corrected chi connectivity index (χ2v) is 10.4. The Balaban J connectivity index is 1.23. The van der Waals surface area contributed by atoms with Gasteiger partial charge in [0.15, 0.2) is 0 Å². The Hall–Kier alpha value is -3.80. The molecule has 1 aliphatic rings. The van der Waals surface area contributed by atoms with Crippen LogP contribution >= 0.6 is 0 Å². The Kier molecular flexibility index (Phi) is 7.97. The molecule has 3 aromatic carbocycles. The van der Waals surface area contributed by atoms with Crippen LogP contribution in [0.5, 0.6) is 5.75 Å². The lowest BCUT2D eigenvalue weighted by Crippen LogP contribution is -2.41. The predicted molar refractivity (Wildman–Crippen MR) is 154 cm³/mol. The standard InChI is InChI=1S/C32H38N4O2/c1-4-19-38-28-13-11-25(12-14-28)21-33-31(37)26-15-17-35(18-16-26)32-34-29-7-5-6-8-30(29)36(32)22-27-20-23(2)9-10-24(27)3/h5-14,20,26H,4,15-19,21-22H2,1-3H3,(H,33,37). The van der Waals surface area contributed by atoms with Gasteiger partial charge in [-0.1, -0.05) is 55.0 Å². The fourth-order valence-corrected chi connectivity index (χ4v) is 5.20. The molecule has 6 heteroatoms. The van der Waals surface area contributed by atoms with Crippen molar-refractivity contribution in [2.24, 2.45) is 5.92 Å². The highest BCUT2D eigenvalue weighted by atomic mass is 16.5. The predicted octanol–water partition coefficient (Wildman–Crippen LogP) is 6.02. The Morgan fingerprint density at radius 2 is 1.79 bits per heavy atom. The zero-order valence-corrected chi connectivity index (χ0v) is 22.7. The number of carbonyl (C=O) groups is 1. The number of nitrogens with one attached hydrogen (secondary N) is 1. The molecule has 6 nitrogen and oxygen atoms in total. The second-order valence-electron chi connectivity index (χ2n) is 10.4. The van der Waals surface area contributed by atoms with Gasteiger partial charge in [0.1, 0.15) is 5.75 Å². The van der Waals surface area contributed by atoms with E-state index in [0.717, 1.165) is 73.8 Å². The number of anilines is 1. The normalized spacial score (nSPS) is 14.1. The largest absolute Gasteiger partial charge is 0.494 e. The molecule has 0 aliphatic carbocycles. The van der Waals surface area contributed by atoms with E-state index in [4.69, 9.17) is 9.72 Å². The number of aromatic nitrogens is 2. The maximum absolute atomic E-state index is 13.0. The maximum atomic E-state index is 13.0. The Morgan fingerprint density at radius 1 is 1.03 bits per heavy atom. The molecule has 0 spiro atoms. The molecule has 38 heavy (non-hydrogen) atoms. The van der Waals surface area contributed by atoms with Gasteiger partial charge >= 0.3 is 0 Å². The number of nitrogens with zero attached hydrogens (tertiary/aromatic N) is 3. The van der Waals surface area contributed by atoms with Crippen molar-refractivity contribution in [2.75, 3.05) is 24.6 Å². The molecule has 1 N–H and O–H groups in total. The summed E-state index contributed by atoms with van der Waals surface area (Å²) >= 11 is 0. The monoisotopic (exact) mass is 510 g/mol. The highest BCUT2D eigenvalue weighted by molar-refractivity contribution is 5.80. The SMILES string of the molecule is CCCOc1ccc(CNC(=O)C2CCN(c3nc4ccccc4n3Cc3cc(C)ccc3C)CC2)cc1. The fraction of sp³-hybridized carbons (Fsp3) is 0.375. The van der Waals surface area contributed by atoms with Crippen LogP contribution in [0.1, 0.15) is 48.4 Å². The van der Waals surface area contributed by atoms with Gasteiger partial charge in [-0.3, -0.25) is 4.79 Å². The molecule has 0 radical (unpaired) electrons. The van der Waals surface area contributed by atoms with E-state index in [1.165, 1.54) is 16.7 Å². The lowest BCUT2D eigenvalue weighted by atomic mass is 9.96. The molecule has 2 heterocycles. The summed E-state index contributed by atoms with van der Waals surface area (Å²) in [7, 11) is 0. The smallest absolute Gasteiger partial charge is 0.223 e. The van der Waals surface area contributed by atoms with Gasteiger partial charge in [0.2, 0.25) is 11.9 Å². The quantitative estimate of drug-likeness (QED) is 0.299. The summed E-state index contributed by atoms with van der Waals surface area (Å²) in [6, 6.07) is 23.0. The van der Waals surface area contributed by atoms with Crippen molar-refractivity contribution in [2.45, 2.75) is 53.1 Å². The van der Waals surface area contributed by atoms with Crippen molar-refractivity contribution in [1.29, 1.82) is 0 Å². The van der Waals surface area contributed by atoms with Crippen LogP contribution in [-0.4, -0.2) is 35.2 Å². The molecule has 0 bridgehead atoms. The Morgan fingerprint density at radius 3 is 2.55 bits per heavy atom. The Labute approximate surface area is 225 Å². The zero-order valence-electron chi connectivity index (χ0n) is 22.7. The van der Waals surface area contributed by atoms with Crippen molar-refractivity contribution in [3.63, 3.8) is 0 Å². The molecule has 1 aromatic heterocycles. The fourth-order valence-electron chi connectivity index (χ4n) is 5.20. The molecule has 1 amide bonds. The van der Waals surface area contributed by atoms with E-state index >= 15 is 0 Å². The van der Waals surface area contributed by atoms with E-state index in [-0.39, 0.29) is 11.8 Å². The lowest BCUT2D eigenvalue weighted by molar-refractivity contribution is -0.125. The number of imidazole rings is 1. The van der Waals surface area contributed by atoms with Crippen LogP contribution < -0.4 is 15.0 Å². The minimum atomic E-state index is 0.0234. The molecule has 4 aromatic rings. The number of rotatable bonds is 9. The van der Waals surface area contributed by atoms with E-state index in [0.29, 0.717) is 6.54 Å². The van der Waals surface area contributed by atoms with Gasteiger partial charge in [-0.15, -0.1) is 0 Å². The van der Waals surface area contributed by atoms with Crippen LogP contribution in [0.25, 0.3) is 11.0 Å². The van der Waals surface area contributed by atoms with Crippen molar-refractivity contribution in [3.05, 3.63) is 89.0 Å². The third kappa shape index (κ3) is 5.85. The minimum absolute atomic E-state index is 0.0234. The van der Waals surface area contributed by atoms with E-state index < -0.39 is 0 Å². The molecule has 0 unspecified atom stereocenters. The number of para-hydroxylation sites is 2. The first-order valence-corrected chi connectivity index (χ1v) is 13.8. The van der Waals surface area contributed by atoms with E-state index in [2.05, 4.69) is 72.0 Å². The van der Waals surface area contributed by atoms with E-state index in [1.807, 2.05) is 30.3 Å². The van der Waals surface area contributed by atoms with Crippen molar-refractivity contribution < 1.29 is 9.53 Å². The van der Waals surface area contributed by atoms with Crippen LogP contribution in [0, 0.1) is 19.8 Å². The number of amides is 1. The summed E-state index contributed by atoms with van der Waals surface area (Å²) in [6.45, 7) is 10.1. The van der Waals surface area contributed by atoms with Gasteiger partial charge in [0, 0.05) is 25.6 Å². The summed E-state index contributed by atoms with van der Waals surface area (Å²) in [5.74, 6) is 2.03. The van der Waals surface area contributed by atoms with Crippen LogP contribution in [0.15, 0.2) is 66.7 Å². The zero-order chi connectivity index (χ0) is 26.5. The summed E-state index contributed by atoms with van der Waals surface area (Å²) in [5.41, 5.74) is 7.11. The summed E-state index contributed by atoms with van der Waals surface area (Å²) in [6.07, 6.45) is 2.63. The topological polar surface area (TPSA) is 59.4 Å². The third-order valence-corrected chi connectivity index (χ3v) is 7.48. The molecule has 1 aliphatic heterocycles. The summed E-state index contributed by atoms with van der Waals surface area (Å²) in [4.78, 5) is 20.4. The molecular formula is C32H38N4O2. The number of ether oxygens (including phenoxy) is 1. The summed E-state index contributed by atoms with van der Waals surface area (Å²) < 4.78 is 7.99. The minimum Gasteiger partial charge on any atom is -0.494 e. The molecule has 198 valence electrons. The molecule has 0 atom stereocenters. The van der Waals surface area contributed by atoms with Gasteiger partial charge in [-0.05, 0) is 74.1 Å². The number of fused-ring (bicyclic) bond motifs is 1.